The average Bonchev–Trinajstić information content (AvgIpc) is 2.74. The quantitative estimate of drug-likeness (QED) is 0.525. The molecule has 18 heavy (non-hydrogen) atoms. The number of imidazole rings is 1. The molecule has 2 rings (SSSR count). The molecular weight excluding hydrogens is 230 g/mol. The van der Waals surface area contributed by atoms with E-state index in [0.717, 1.165) is 30.3 Å². The van der Waals surface area contributed by atoms with E-state index >= 15 is 0 Å². The first-order chi connectivity index (χ1) is 8.69. The van der Waals surface area contributed by atoms with Crippen LogP contribution in [0.5, 0.6) is 0 Å². The molecule has 96 valence electrons. The Balaban J connectivity index is 1.94. The highest BCUT2D eigenvalue weighted by Crippen LogP contribution is 2.08. The Hall–Kier alpha value is -2.15. The summed E-state index contributed by atoms with van der Waals surface area (Å²) in [5.41, 5.74) is 3.30. The van der Waals surface area contributed by atoms with E-state index in [1.54, 1.807) is 6.20 Å². The largest absolute Gasteiger partial charge is 0.369 e. The standard InChI is InChI=1S/C11H17N7/c1-8-7-9(16-11(15-8)17-12)13-4-3-10-14-5-6-18(10)2/h5-7H,3-4,12H2,1-2H3,(H2,13,15,16,17). The predicted octanol–water partition coefficient (Wildman–Crippen LogP) is 0.459. The fourth-order valence-corrected chi connectivity index (χ4v) is 1.66. The highest BCUT2D eigenvalue weighted by molar-refractivity contribution is 5.41. The molecule has 2 heterocycles. The van der Waals surface area contributed by atoms with Gasteiger partial charge in [0.05, 0.1) is 0 Å². The van der Waals surface area contributed by atoms with Crippen LogP contribution in [-0.2, 0) is 13.5 Å². The van der Waals surface area contributed by atoms with Crippen molar-refractivity contribution < 1.29 is 0 Å². The maximum absolute atomic E-state index is 5.30. The van der Waals surface area contributed by atoms with Gasteiger partial charge in [-0.1, -0.05) is 0 Å². The molecule has 7 nitrogen and oxygen atoms in total. The highest BCUT2D eigenvalue weighted by atomic mass is 15.3. The van der Waals surface area contributed by atoms with E-state index in [2.05, 4.69) is 25.7 Å². The second kappa shape index (κ2) is 5.46. The number of hydrogen-bond acceptors (Lipinski definition) is 6. The number of aryl methyl sites for hydroxylation is 2. The van der Waals surface area contributed by atoms with Crippen LogP contribution in [0.15, 0.2) is 18.5 Å². The van der Waals surface area contributed by atoms with Gasteiger partial charge in [-0.15, -0.1) is 0 Å². The number of anilines is 2. The van der Waals surface area contributed by atoms with Gasteiger partial charge in [0, 0.05) is 44.2 Å². The molecule has 0 aliphatic carbocycles. The Morgan fingerprint density at radius 2 is 2.22 bits per heavy atom. The van der Waals surface area contributed by atoms with Crippen molar-refractivity contribution in [2.24, 2.45) is 12.9 Å². The lowest BCUT2D eigenvalue weighted by Gasteiger charge is -2.08. The first-order valence-corrected chi connectivity index (χ1v) is 5.71. The maximum atomic E-state index is 5.30. The summed E-state index contributed by atoms with van der Waals surface area (Å²) in [4.78, 5) is 12.6. The van der Waals surface area contributed by atoms with Crippen molar-refractivity contribution in [2.45, 2.75) is 13.3 Å². The molecule has 0 amide bonds. The molecule has 0 spiro atoms. The lowest BCUT2D eigenvalue weighted by Crippen LogP contribution is -2.14. The van der Waals surface area contributed by atoms with Gasteiger partial charge in [-0.05, 0) is 6.92 Å². The minimum atomic E-state index is 0.412. The van der Waals surface area contributed by atoms with Crippen molar-refractivity contribution in [1.82, 2.24) is 19.5 Å². The molecule has 0 saturated carbocycles. The molecule has 2 aromatic heterocycles. The van der Waals surface area contributed by atoms with Gasteiger partial charge in [0.15, 0.2) is 0 Å². The summed E-state index contributed by atoms with van der Waals surface area (Å²) in [6.45, 7) is 2.65. The van der Waals surface area contributed by atoms with Gasteiger partial charge in [0.25, 0.3) is 0 Å². The van der Waals surface area contributed by atoms with E-state index in [1.807, 2.05) is 30.8 Å². The Labute approximate surface area is 105 Å². The van der Waals surface area contributed by atoms with Gasteiger partial charge >= 0.3 is 0 Å². The zero-order valence-corrected chi connectivity index (χ0v) is 10.5. The zero-order valence-electron chi connectivity index (χ0n) is 10.5. The smallest absolute Gasteiger partial charge is 0.239 e. The van der Waals surface area contributed by atoms with Crippen LogP contribution < -0.4 is 16.6 Å². The second-order valence-electron chi connectivity index (χ2n) is 3.99. The number of hydrazine groups is 1. The van der Waals surface area contributed by atoms with Crippen LogP contribution >= 0.6 is 0 Å². The molecule has 0 bridgehead atoms. The molecule has 0 atom stereocenters. The van der Waals surface area contributed by atoms with Crippen LogP contribution in [0.4, 0.5) is 11.8 Å². The minimum Gasteiger partial charge on any atom is -0.369 e. The monoisotopic (exact) mass is 247 g/mol. The van der Waals surface area contributed by atoms with Crippen LogP contribution in [0, 0.1) is 6.92 Å². The number of rotatable bonds is 5. The highest BCUT2D eigenvalue weighted by Gasteiger charge is 2.02. The summed E-state index contributed by atoms with van der Waals surface area (Å²) in [7, 11) is 1.98. The van der Waals surface area contributed by atoms with Gasteiger partial charge in [-0.2, -0.15) is 4.98 Å². The van der Waals surface area contributed by atoms with Gasteiger partial charge in [-0.25, -0.2) is 15.8 Å². The topological polar surface area (TPSA) is 93.7 Å². The van der Waals surface area contributed by atoms with E-state index in [9.17, 15) is 0 Å². The number of nitrogens with one attached hydrogen (secondary N) is 2. The maximum Gasteiger partial charge on any atom is 0.239 e. The Bertz CT molecular complexity index is 520. The Kier molecular flexibility index (Phi) is 3.73. The predicted molar refractivity (Wildman–Crippen MR) is 70.0 cm³/mol. The van der Waals surface area contributed by atoms with Gasteiger partial charge < -0.3 is 9.88 Å². The number of nitrogen functional groups attached to an aromatic ring is 1. The molecule has 7 heteroatoms. The van der Waals surface area contributed by atoms with E-state index < -0.39 is 0 Å². The van der Waals surface area contributed by atoms with Crippen LogP contribution in [0.2, 0.25) is 0 Å². The van der Waals surface area contributed by atoms with Gasteiger partial charge in [0.1, 0.15) is 11.6 Å². The molecule has 0 aliphatic heterocycles. The molecule has 4 N–H and O–H groups in total. The van der Waals surface area contributed by atoms with Crippen molar-refractivity contribution in [3.8, 4) is 0 Å². The number of aromatic nitrogens is 4. The van der Waals surface area contributed by atoms with Crippen molar-refractivity contribution in [3.05, 3.63) is 30.0 Å². The first kappa shape index (κ1) is 12.3. The third kappa shape index (κ3) is 2.95. The molecule has 0 aliphatic rings. The average molecular weight is 247 g/mol. The fraction of sp³-hybridized carbons (Fsp3) is 0.364. The van der Waals surface area contributed by atoms with E-state index in [0.29, 0.717) is 5.95 Å². The number of nitrogens with two attached hydrogens (primary N) is 1. The van der Waals surface area contributed by atoms with Crippen molar-refractivity contribution in [1.29, 1.82) is 0 Å². The third-order valence-corrected chi connectivity index (χ3v) is 2.56. The molecular formula is C11H17N7. The summed E-state index contributed by atoms with van der Waals surface area (Å²) in [5, 5.41) is 3.23. The summed E-state index contributed by atoms with van der Waals surface area (Å²) in [6, 6.07) is 1.87. The summed E-state index contributed by atoms with van der Waals surface area (Å²) < 4.78 is 2.00. The van der Waals surface area contributed by atoms with E-state index in [4.69, 9.17) is 5.84 Å². The van der Waals surface area contributed by atoms with Crippen molar-refractivity contribution in [2.75, 3.05) is 17.3 Å². The second-order valence-corrected chi connectivity index (χ2v) is 3.99. The van der Waals surface area contributed by atoms with Gasteiger partial charge in [-0.3, -0.25) is 5.43 Å². The Morgan fingerprint density at radius 3 is 2.89 bits per heavy atom. The van der Waals surface area contributed by atoms with Crippen molar-refractivity contribution in [3.63, 3.8) is 0 Å². The molecule has 0 unspecified atom stereocenters. The number of hydrogen-bond donors (Lipinski definition) is 3. The third-order valence-electron chi connectivity index (χ3n) is 2.56. The minimum absolute atomic E-state index is 0.412. The molecule has 0 saturated heterocycles. The van der Waals surface area contributed by atoms with Crippen LogP contribution in [-0.4, -0.2) is 26.1 Å². The number of nitrogens with zero attached hydrogens (tertiary/aromatic N) is 4. The Morgan fingerprint density at radius 1 is 1.39 bits per heavy atom. The summed E-state index contributed by atoms with van der Waals surface area (Å²) >= 11 is 0. The lowest BCUT2D eigenvalue weighted by atomic mass is 10.3. The first-order valence-electron chi connectivity index (χ1n) is 5.71. The lowest BCUT2D eigenvalue weighted by molar-refractivity contribution is 0.788. The van der Waals surface area contributed by atoms with E-state index in [1.165, 1.54) is 0 Å². The van der Waals surface area contributed by atoms with Crippen LogP contribution in [0.25, 0.3) is 0 Å². The van der Waals surface area contributed by atoms with Crippen LogP contribution in [0.1, 0.15) is 11.5 Å². The fourth-order valence-electron chi connectivity index (χ4n) is 1.66. The molecule has 0 radical (unpaired) electrons. The molecule has 2 aromatic rings. The zero-order chi connectivity index (χ0) is 13.0. The van der Waals surface area contributed by atoms with Gasteiger partial charge in [0.2, 0.25) is 5.95 Å². The molecule has 0 fully saturated rings. The summed E-state index contributed by atoms with van der Waals surface area (Å²) in [6.07, 6.45) is 4.55. The van der Waals surface area contributed by atoms with E-state index in [-0.39, 0.29) is 0 Å². The SMILES string of the molecule is Cc1cc(NCCc2nccn2C)nc(NN)n1. The normalized spacial score (nSPS) is 10.4. The van der Waals surface area contributed by atoms with Crippen molar-refractivity contribution >= 4 is 11.8 Å². The summed E-state index contributed by atoms with van der Waals surface area (Å²) in [5.74, 6) is 7.50. The van der Waals surface area contributed by atoms with Crippen LogP contribution in [0.3, 0.4) is 0 Å². The molecule has 0 aromatic carbocycles.